The number of hydrogen-bond donors (Lipinski definition) is 1. The molecule has 72 valence electrons. The van der Waals surface area contributed by atoms with Crippen LogP contribution in [0, 0.1) is 11.3 Å². The topological polar surface area (TPSA) is 61.1 Å². The number of nitrogens with zero attached hydrogens (tertiary/aromatic N) is 1. The van der Waals surface area contributed by atoms with Crippen molar-refractivity contribution < 1.29 is 9.90 Å². The highest BCUT2D eigenvalue weighted by molar-refractivity contribution is 5.88. The van der Waals surface area contributed by atoms with E-state index in [1.54, 1.807) is 6.92 Å². The van der Waals surface area contributed by atoms with E-state index in [0.29, 0.717) is 18.4 Å². The first kappa shape index (κ1) is 11.7. The van der Waals surface area contributed by atoms with Gasteiger partial charge in [-0.15, -0.1) is 0 Å². The second-order valence-electron chi connectivity index (χ2n) is 2.83. The fraction of sp³-hybridized carbons (Fsp3) is 0.600. The molecule has 0 heterocycles. The van der Waals surface area contributed by atoms with Crippen LogP contribution in [0.3, 0.4) is 0 Å². The SMILES string of the molecule is CCCC/C(C#N)=C(/CC)C(=O)O. The van der Waals surface area contributed by atoms with Crippen LogP contribution < -0.4 is 0 Å². The number of aliphatic carboxylic acids is 1. The summed E-state index contributed by atoms with van der Waals surface area (Å²) in [5.74, 6) is -0.963. The number of allylic oxidation sites excluding steroid dienone is 1. The number of nitriles is 1. The van der Waals surface area contributed by atoms with E-state index in [1.807, 2.05) is 13.0 Å². The molecule has 0 amide bonds. The maximum atomic E-state index is 10.7. The molecule has 3 heteroatoms. The van der Waals surface area contributed by atoms with Gasteiger partial charge in [0, 0.05) is 5.57 Å². The number of hydrogen-bond acceptors (Lipinski definition) is 2. The van der Waals surface area contributed by atoms with E-state index < -0.39 is 5.97 Å². The summed E-state index contributed by atoms with van der Waals surface area (Å²) in [6.07, 6.45) is 2.85. The van der Waals surface area contributed by atoms with E-state index in [-0.39, 0.29) is 5.57 Å². The van der Waals surface area contributed by atoms with E-state index in [9.17, 15) is 4.79 Å². The molecule has 0 aromatic rings. The molecule has 0 saturated carbocycles. The van der Waals surface area contributed by atoms with Crippen LogP contribution in [0.15, 0.2) is 11.1 Å². The highest BCUT2D eigenvalue weighted by atomic mass is 16.4. The Morgan fingerprint density at radius 3 is 2.38 bits per heavy atom. The molecule has 0 bridgehead atoms. The monoisotopic (exact) mass is 181 g/mol. The summed E-state index contributed by atoms with van der Waals surface area (Å²) < 4.78 is 0. The van der Waals surface area contributed by atoms with Crippen LogP contribution >= 0.6 is 0 Å². The van der Waals surface area contributed by atoms with Gasteiger partial charge in [-0.05, 0) is 19.3 Å². The fourth-order valence-corrected chi connectivity index (χ4v) is 1.12. The molecule has 0 aliphatic carbocycles. The second-order valence-corrected chi connectivity index (χ2v) is 2.83. The van der Waals surface area contributed by atoms with Gasteiger partial charge in [0.05, 0.1) is 11.6 Å². The maximum Gasteiger partial charge on any atom is 0.332 e. The third-order valence-corrected chi connectivity index (χ3v) is 1.89. The Morgan fingerprint density at radius 1 is 1.46 bits per heavy atom. The summed E-state index contributed by atoms with van der Waals surface area (Å²) in [6, 6.07) is 1.97. The molecule has 0 fully saturated rings. The fourth-order valence-electron chi connectivity index (χ4n) is 1.12. The zero-order valence-corrected chi connectivity index (χ0v) is 8.13. The molecule has 0 aromatic carbocycles. The van der Waals surface area contributed by atoms with Crippen LogP contribution in [-0.4, -0.2) is 11.1 Å². The lowest BCUT2D eigenvalue weighted by molar-refractivity contribution is -0.132. The minimum Gasteiger partial charge on any atom is -0.478 e. The van der Waals surface area contributed by atoms with Crippen LogP contribution in [0.1, 0.15) is 39.5 Å². The molecular formula is C10H15NO2. The summed E-state index contributed by atoms with van der Waals surface area (Å²) in [7, 11) is 0. The third-order valence-electron chi connectivity index (χ3n) is 1.89. The van der Waals surface area contributed by atoms with Crippen molar-refractivity contribution in [3.63, 3.8) is 0 Å². The summed E-state index contributed by atoms with van der Waals surface area (Å²) in [4.78, 5) is 10.7. The van der Waals surface area contributed by atoms with Gasteiger partial charge in [0.2, 0.25) is 0 Å². The van der Waals surface area contributed by atoms with E-state index >= 15 is 0 Å². The minimum atomic E-state index is -0.963. The van der Waals surface area contributed by atoms with Crippen molar-refractivity contribution >= 4 is 5.97 Å². The second kappa shape index (κ2) is 6.24. The number of carboxylic acid groups (broad SMARTS) is 1. The number of carboxylic acids is 1. The lowest BCUT2D eigenvalue weighted by Gasteiger charge is -2.02. The van der Waals surface area contributed by atoms with Gasteiger partial charge in [-0.2, -0.15) is 5.26 Å². The van der Waals surface area contributed by atoms with Gasteiger partial charge in [0.15, 0.2) is 0 Å². The first-order valence-electron chi connectivity index (χ1n) is 4.52. The number of carbonyl (C=O) groups is 1. The lowest BCUT2D eigenvalue weighted by atomic mass is 10.0. The molecule has 0 spiro atoms. The predicted molar refractivity (Wildman–Crippen MR) is 50.1 cm³/mol. The molecule has 0 atom stereocenters. The molecule has 0 rings (SSSR count). The zero-order chi connectivity index (χ0) is 10.3. The Kier molecular flexibility index (Phi) is 5.62. The minimum absolute atomic E-state index is 0.260. The van der Waals surface area contributed by atoms with Gasteiger partial charge in [-0.1, -0.05) is 20.3 Å². The van der Waals surface area contributed by atoms with Gasteiger partial charge in [-0.25, -0.2) is 4.79 Å². The molecular weight excluding hydrogens is 166 g/mol. The van der Waals surface area contributed by atoms with Crippen molar-refractivity contribution in [1.29, 1.82) is 5.26 Å². The van der Waals surface area contributed by atoms with Crippen LogP contribution in [0.25, 0.3) is 0 Å². The molecule has 13 heavy (non-hydrogen) atoms. The predicted octanol–water partition coefficient (Wildman–Crippen LogP) is 2.49. The highest BCUT2D eigenvalue weighted by Gasteiger charge is 2.11. The summed E-state index contributed by atoms with van der Waals surface area (Å²) in [5.41, 5.74) is 0.688. The molecule has 1 N–H and O–H groups in total. The van der Waals surface area contributed by atoms with E-state index in [2.05, 4.69) is 0 Å². The number of unbranched alkanes of at least 4 members (excludes halogenated alkanes) is 1. The van der Waals surface area contributed by atoms with Crippen LogP contribution in [0.4, 0.5) is 0 Å². The quantitative estimate of drug-likeness (QED) is 0.523. The molecule has 0 radical (unpaired) electrons. The molecule has 0 aliphatic heterocycles. The first-order chi connectivity index (χ1) is 6.17. The average Bonchev–Trinajstić information content (AvgIpc) is 2.11. The highest BCUT2D eigenvalue weighted by Crippen LogP contribution is 2.14. The van der Waals surface area contributed by atoms with Gasteiger partial charge >= 0.3 is 5.97 Å². The van der Waals surface area contributed by atoms with Crippen molar-refractivity contribution in [2.24, 2.45) is 0 Å². The third kappa shape index (κ3) is 3.75. The summed E-state index contributed by atoms with van der Waals surface area (Å²) in [6.45, 7) is 3.77. The Labute approximate surface area is 78.7 Å². The normalized spacial score (nSPS) is 11.8. The molecule has 0 unspecified atom stereocenters. The molecule has 0 aliphatic rings. The maximum absolute atomic E-state index is 10.7. The van der Waals surface area contributed by atoms with Gasteiger partial charge in [0.25, 0.3) is 0 Å². The molecule has 0 saturated heterocycles. The van der Waals surface area contributed by atoms with Crippen LogP contribution in [0.5, 0.6) is 0 Å². The Balaban J connectivity index is 4.65. The first-order valence-corrected chi connectivity index (χ1v) is 4.52. The number of rotatable bonds is 5. The van der Waals surface area contributed by atoms with E-state index in [4.69, 9.17) is 10.4 Å². The summed E-state index contributed by atoms with van der Waals surface area (Å²) in [5, 5.41) is 17.5. The lowest BCUT2D eigenvalue weighted by Crippen LogP contribution is -2.03. The standard InChI is InChI=1S/C10H15NO2/c1-3-5-6-8(7-11)9(4-2)10(12)13/h3-6H2,1-2H3,(H,12,13)/b9-8+. The Bertz CT molecular complexity index is 248. The zero-order valence-electron chi connectivity index (χ0n) is 8.13. The Morgan fingerprint density at radius 2 is 2.08 bits per heavy atom. The van der Waals surface area contributed by atoms with Crippen molar-refractivity contribution in [1.82, 2.24) is 0 Å². The van der Waals surface area contributed by atoms with Gasteiger partial charge in [0.1, 0.15) is 0 Å². The van der Waals surface area contributed by atoms with Crippen molar-refractivity contribution in [3.05, 3.63) is 11.1 Å². The van der Waals surface area contributed by atoms with Gasteiger partial charge in [-0.3, -0.25) is 0 Å². The molecule has 3 nitrogen and oxygen atoms in total. The molecule has 0 aromatic heterocycles. The van der Waals surface area contributed by atoms with Crippen LogP contribution in [-0.2, 0) is 4.79 Å². The average molecular weight is 181 g/mol. The Hall–Kier alpha value is -1.30. The van der Waals surface area contributed by atoms with Gasteiger partial charge < -0.3 is 5.11 Å². The summed E-state index contributed by atoms with van der Waals surface area (Å²) >= 11 is 0. The van der Waals surface area contributed by atoms with Crippen molar-refractivity contribution in [2.45, 2.75) is 39.5 Å². The van der Waals surface area contributed by atoms with Crippen molar-refractivity contribution in [2.75, 3.05) is 0 Å². The largest absolute Gasteiger partial charge is 0.478 e. The van der Waals surface area contributed by atoms with E-state index in [1.165, 1.54) is 0 Å². The van der Waals surface area contributed by atoms with E-state index in [0.717, 1.165) is 12.8 Å². The van der Waals surface area contributed by atoms with Crippen molar-refractivity contribution in [3.8, 4) is 6.07 Å². The van der Waals surface area contributed by atoms with Crippen LogP contribution in [0.2, 0.25) is 0 Å². The smallest absolute Gasteiger partial charge is 0.332 e.